The molecule has 1 unspecified atom stereocenters. The van der Waals surface area contributed by atoms with E-state index in [1.165, 1.54) is 0 Å². The largest absolute Gasteiger partial charge is 0.396 e. The summed E-state index contributed by atoms with van der Waals surface area (Å²) >= 11 is 0. The molecule has 5 N–H and O–H groups in total. The summed E-state index contributed by atoms with van der Waals surface area (Å²) < 4.78 is 0. The van der Waals surface area contributed by atoms with E-state index in [0.717, 1.165) is 6.42 Å². The third-order valence-electron chi connectivity index (χ3n) is 1.19. The highest BCUT2D eigenvalue weighted by atomic mass is 16.3. The van der Waals surface area contributed by atoms with E-state index in [-0.39, 0.29) is 18.3 Å². The van der Waals surface area contributed by atoms with Crippen LogP contribution in [0.25, 0.3) is 0 Å². The van der Waals surface area contributed by atoms with Crippen molar-refractivity contribution < 1.29 is 5.11 Å². The summed E-state index contributed by atoms with van der Waals surface area (Å²) in [6.07, 6.45) is 2.54. The monoisotopic (exact) mass is 130 g/mol. The second kappa shape index (κ2) is 4.21. The first kappa shape index (κ1) is 8.30. The molecule has 0 spiro atoms. The molecule has 3 heteroatoms. The summed E-state index contributed by atoms with van der Waals surface area (Å²) in [5.74, 6) is 0.408. The second-order valence-corrected chi connectivity index (χ2v) is 2.02. The number of aliphatic hydroxyl groups is 1. The van der Waals surface area contributed by atoms with Gasteiger partial charge < -0.3 is 16.6 Å². The Bertz CT molecular complexity index is 93.2. The summed E-state index contributed by atoms with van der Waals surface area (Å²) in [4.78, 5) is 0. The van der Waals surface area contributed by atoms with Crippen LogP contribution in [-0.4, -0.2) is 11.7 Å². The number of nitrogens with two attached hydrogens (primary N) is 2. The van der Waals surface area contributed by atoms with Gasteiger partial charge in [0.05, 0.1) is 5.82 Å². The van der Waals surface area contributed by atoms with Crippen LogP contribution in [-0.2, 0) is 0 Å². The third-order valence-corrected chi connectivity index (χ3v) is 1.19. The maximum atomic E-state index is 8.62. The van der Waals surface area contributed by atoms with Crippen molar-refractivity contribution in [2.75, 3.05) is 6.61 Å². The molecule has 0 aromatic rings. The van der Waals surface area contributed by atoms with Crippen LogP contribution in [0.2, 0.25) is 0 Å². The van der Waals surface area contributed by atoms with Crippen molar-refractivity contribution in [2.24, 2.45) is 17.4 Å². The fourth-order valence-electron chi connectivity index (χ4n) is 0.572. The van der Waals surface area contributed by atoms with Crippen molar-refractivity contribution >= 4 is 0 Å². The van der Waals surface area contributed by atoms with Crippen LogP contribution < -0.4 is 11.5 Å². The van der Waals surface area contributed by atoms with Crippen molar-refractivity contribution in [3.63, 3.8) is 0 Å². The van der Waals surface area contributed by atoms with Crippen molar-refractivity contribution in [3.8, 4) is 0 Å². The van der Waals surface area contributed by atoms with Gasteiger partial charge in [-0.1, -0.05) is 6.92 Å². The lowest BCUT2D eigenvalue weighted by atomic mass is 10.1. The molecule has 54 valence electrons. The zero-order valence-corrected chi connectivity index (χ0v) is 5.67. The fraction of sp³-hybridized carbons (Fsp3) is 0.667. The van der Waals surface area contributed by atoms with E-state index >= 15 is 0 Å². The van der Waals surface area contributed by atoms with Gasteiger partial charge in [-0.2, -0.15) is 0 Å². The Labute approximate surface area is 55.3 Å². The Balaban J connectivity index is 3.68. The summed E-state index contributed by atoms with van der Waals surface area (Å²) in [5, 5.41) is 8.62. The van der Waals surface area contributed by atoms with Crippen LogP contribution in [0.5, 0.6) is 0 Å². The molecule has 0 amide bonds. The first-order chi connectivity index (χ1) is 4.20. The minimum absolute atomic E-state index is 0.119. The van der Waals surface area contributed by atoms with Gasteiger partial charge in [0.15, 0.2) is 0 Å². The van der Waals surface area contributed by atoms with E-state index in [1.54, 1.807) is 6.08 Å². The van der Waals surface area contributed by atoms with Gasteiger partial charge >= 0.3 is 0 Å². The van der Waals surface area contributed by atoms with Gasteiger partial charge in [0, 0.05) is 12.5 Å². The molecule has 0 heterocycles. The summed E-state index contributed by atoms with van der Waals surface area (Å²) in [6.45, 7) is 2.09. The van der Waals surface area contributed by atoms with Crippen LogP contribution in [0, 0.1) is 5.92 Å². The normalized spacial score (nSPS) is 12.7. The number of hydrogen-bond acceptors (Lipinski definition) is 3. The molecule has 9 heavy (non-hydrogen) atoms. The van der Waals surface area contributed by atoms with Crippen molar-refractivity contribution in [1.29, 1.82) is 0 Å². The molecule has 0 radical (unpaired) electrons. The maximum Gasteiger partial charge on any atom is 0.0896 e. The Morgan fingerprint density at radius 2 is 2.22 bits per heavy atom. The first-order valence-corrected chi connectivity index (χ1v) is 3.04. The number of rotatable bonds is 3. The molecule has 1 atom stereocenters. The topological polar surface area (TPSA) is 72.3 Å². The van der Waals surface area contributed by atoms with Gasteiger partial charge in [0.1, 0.15) is 0 Å². The van der Waals surface area contributed by atoms with Gasteiger partial charge in [-0.15, -0.1) is 0 Å². The molecule has 0 rings (SSSR count). The van der Waals surface area contributed by atoms with Crippen LogP contribution in [0.4, 0.5) is 0 Å². The third kappa shape index (κ3) is 3.85. The fourth-order valence-corrected chi connectivity index (χ4v) is 0.572. The average molecular weight is 130 g/mol. The number of aliphatic hydroxyl groups excluding tert-OH is 1. The predicted molar refractivity (Wildman–Crippen MR) is 37.3 cm³/mol. The molecule has 3 nitrogen and oxygen atoms in total. The molecule has 0 aliphatic heterocycles. The predicted octanol–water partition coefficient (Wildman–Crippen LogP) is -0.236. The van der Waals surface area contributed by atoms with E-state index < -0.39 is 0 Å². The molecular weight excluding hydrogens is 116 g/mol. The lowest BCUT2D eigenvalue weighted by Gasteiger charge is -2.04. The van der Waals surface area contributed by atoms with Crippen LogP contribution in [0.1, 0.15) is 13.3 Å². The smallest absolute Gasteiger partial charge is 0.0896 e. The van der Waals surface area contributed by atoms with Crippen molar-refractivity contribution in [3.05, 3.63) is 11.9 Å². The Hall–Kier alpha value is -0.700. The van der Waals surface area contributed by atoms with Crippen molar-refractivity contribution in [2.45, 2.75) is 13.3 Å². The Morgan fingerprint density at radius 1 is 1.67 bits per heavy atom. The van der Waals surface area contributed by atoms with E-state index in [0.29, 0.717) is 0 Å². The Kier molecular flexibility index (Phi) is 3.88. The summed E-state index contributed by atoms with van der Waals surface area (Å²) in [7, 11) is 0. The Morgan fingerprint density at radius 3 is 2.33 bits per heavy atom. The second-order valence-electron chi connectivity index (χ2n) is 2.02. The van der Waals surface area contributed by atoms with Crippen molar-refractivity contribution in [1.82, 2.24) is 0 Å². The molecule has 0 aromatic carbocycles. The lowest BCUT2D eigenvalue weighted by Crippen LogP contribution is -2.12. The highest BCUT2D eigenvalue weighted by Gasteiger charge is 1.98. The zero-order valence-electron chi connectivity index (χ0n) is 5.67. The highest BCUT2D eigenvalue weighted by Crippen LogP contribution is 2.01. The van der Waals surface area contributed by atoms with Gasteiger partial charge in [0.2, 0.25) is 0 Å². The van der Waals surface area contributed by atoms with Gasteiger partial charge in [-0.05, 0) is 12.5 Å². The molecule has 0 bridgehead atoms. The van der Waals surface area contributed by atoms with E-state index in [9.17, 15) is 0 Å². The van der Waals surface area contributed by atoms with Gasteiger partial charge in [0.25, 0.3) is 0 Å². The molecule has 0 aromatic heterocycles. The quantitative estimate of drug-likeness (QED) is 0.494. The minimum atomic E-state index is 0.119. The molecule has 0 saturated carbocycles. The molecule has 0 fully saturated rings. The van der Waals surface area contributed by atoms with E-state index in [4.69, 9.17) is 16.6 Å². The summed E-state index contributed by atoms with van der Waals surface area (Å²) in [6, 6.07) is 0. The van der Waals surface area contributed by atoms with E-state index in [1.807, 2.05) is 6.92 Å². The average Bonchev–Trinajstić information content (AvgIpc) is 1.82. The lowest BCUT2D eigenvalue weighted by molar-refractivity contribution is 0.249. The highest BCUT2D eigenvalue weighted by molar-refractivity contribution is 4.94. The SMILES string of the molecule is CCC(C=C(N)N)CO. The molecule has 0 aliphatic rings. The van der Waals surface area contributed by atoms with Crippen LogP contribution in [0.15, 0.2) is 11.9 Å². The van der Waals surface area contributed by atoms with Crippen LogP contribution in [0.3, 0.4) is 0 Å². The van der Waals surface area contributed by atoms with Gasteiger partial charge in [-0.25, -0.2) is 0 Å². The summed E-state index contributed by atoms with van der Waals surface area (Å²) in [5.41, 5.74) is 10.3. The minimum Gasteiger partial charge on any atom is -0.396 e. The first-order valence-electron chi connectivity index (χ1n) is 3.04. The zero-order chi connectivity index (χ0) is 7.28. The maximum absolute atomic E-state index is 8.62. The molecule has 0 saturated heterocycles. The van der Waals surface area contributed by atoms with Gasteiger partial charge in [-0.3, -0.25) is 0 Å². The standard InChI is InChI=1S/C6H14N2O/c1-2-5(4-9)3-6(7)8/h3,5,9H,2,4,7-8H2,1H3. The van der Waals surface area contributed by atoms with E-state index in [2.05, 4.69) is 0 Å². The van der Waals surface area contributed by atoms with Crippen LogP contribution >= 0.6 is 0 Å². The molecular formula is C6H14N2O. The number of hydrogen-bond donors (Lipinski definition) is 3. The molecule has 0 aliphatic carbocycles.